The third kappa shape index (κ3) is 4.86. The number of Topliss-reactive ketones (excluding diaryl/α,β-unsaturated/α-hetero) is 1. The Balaban J connectivity index is 1.81. The maximum atomic E-state index is 13.2. The van der Waals surface area contributed by atoms with Crippen molar-refractivity contribution in [3.05, 3.63) is 101 Å². The normalized spacial score (nSPS) is 17.4. The minimum absolute atomic E-state index is 0.0625. The summed E-state index contributed by atoms with van der Waals surface area (Å²) in [7, 11) is 0. The number of hydrogen-bond acceptors (Lipinski definition) is 5. The number of benzene rings is 2. The van der Waals surface area contributed by atoms with Crippen LogP contribution in [0.1, 0.15) is 42.3 Å². The summed E-state index contributed by atoms with van der Waals surface area (Å²) in [5.41, 5.74) is 2.89. The molecule has 0 spiro atoms. The Morgan fingerprint density at radius 2 is 1.85 bits per heavy atom. The van der Waals surface area contributed by atoms with Crippen molar-refractivity contribution in [2.45, 2.75) is 33.4 Å². The third-order valence-electron chi connectivity index (χ3n) is 5.65. The molecule has 1 aliphatic heterocycles. The molecule has 1 aliphatic rings. The van der Waals surface area contributed by atoms with Crippen LogP contribution in [0.2, 0.25) is 0 Å². The van der Waals surface area contributed by atoms with E-state index in [1.165, 1.54) is 4.90 Å². The number of pyridine rings is 1. The Kier molecular flexibility index (Phi) is 6.77. The summed E-state index contributed by atoms with van der Waals surface area (Å²) in [4.78, 5) is 32.2. The Hall–Kier alpha value is -3.93. The molecule has 6 heteroatoms. The topological polar surface area (TPSA) is 79.7 Å². The summed E-state index contributed by atoms with van der Waals surface area (Å²) in [5.74, 6) is -0.661. The standard InChI is InChI=1S/C28H28N2O4/c1-18(2)17-34-23-12-7-10-21(15-23)26(31)24-25(20-9-6-8-19(3)14-20)30(28(33)27(24)32)16-22-11-4-5-13-29-22/h4-15,18,25,31H,16-17H2,1-3H3/b26-24-. The fourth-order valence-corrected chi connectivity index (χ4v) is 4.05. The minimum Gasteiger partial charge on any atom is -0.507 e. The minimum atomic E-state index is -0.734. The lowest BCUT2D eigenvalue weighted by molar-refractivity contribution is -0.140. The average molecular weight is 457 g/mol. The SMILES string of the molecule is Cc1cccc(C2/C(=C(/O)c3cccc(OCC(C)C)c3)C(=O)C(=O)N2Cc2ccccn2)c1. The van der Waals surface area contributed by atoms with E-state index in [9.17, 15) is 14.7 Å². The molecule has 34 heavy (non-hydrogen) atoms. The number of aliphatic hydroxyl groups excluding tert-OH is 1. The highest BCUT2D eigenvalue weighted by molar-refractivity contribution is 6.46. The second kappa shape index (κ2) is 9.91. The van der Waals surface area contributed by atoms with Gasteiger partial charge in [0, 0.05) is 11.8 Å². The van der Waals surface area contributed by atoms with Crippen LogP contribution in [0.3, 0.4) is 0 Å². The molecule has 1 amide bonds. The highest BCUT2D eigenvalue weighted by Crippen LogP contribution is 2.40. The molecule has 1 aromatic heterocycles. The molecule has 0 radical (unpaired) electrons. The molecule has 3 aromatic rings. The number of likely N-dealkylation sites (tertiary alicyclic amines) is 1. The van der Waals surface area contributed by atoms with Gasteiger partial charge in [-0.2, -0.15) is 0 Å². The molecule has 4 rings (SSSR count). The number of ketones is 1. The highest BCUT2D eigenvalue weighted by atomic mass is 16.5. The molecule has 0 saturated carbocycles. The van der Waals surface area contributed by atoms with E-state index in [4.69, 9.17) is 4.74 Å². The molecule has 174 valence electrons. The summed E-state index contributed by atoms with van der Waals surface area (Å²) in [6.07, 6.45) is 1.65. The number of aryl methyl sites for hydroxylation is 1. The van der Waals surface area contributed by atoms with E-state index in [0.717, 1.165) is 11.1 Å². The zero-order chi connectivity index (χ0) is 24.2. The Morgan fingerprint density at radius 1 is 1.06 bits per heavy atom. The number of amides is 1. The van der Waals surface area contributed by atoms with E-state index in [2.05, 4.69) is 18.8 Å². The molecular weight excluding hydrogens is 428 g/mol. The first-order chi connectivity index (χ1) is 16.3. The molecule has 0 bridgehead atoms. The van der Waals surface area contributed by atoms with Crippen molar-refractivity contribution < 1.29 is 19.4 Å². The van der Waals surface area contributed by atoms with Gasteiger partial charge in [0.2, 0.25) is 0 Å². The first kappa shape index (κ1) is 23.2. The molecular formula is C28H28N2O4. The zero-order valence-electron chi connectivity index (χ0n) is 19.6. The number of carbonyl (C=O) groups is 2. The quantitative estimate of drug-likeness (QED) is 0.306. The van der Waals surface area contributed by atoms with Gasteiger partial charge in [0.05, 0.1) is 30.5 Å². The van der Waals surface area contributed by atoms with Gasteiger partial charge in [-0.3, -0.25) is 14.6 Å². The average Bonchev–Trinajstić information content (AvgIpc) is 3.08. The van der Waals surface area contributed by atoms with Crippen LogP contribution < -0.4 is 4.74 Å². The molecule has 0 aliphatic carbocycles. The Labute approximate surface area is 199 Å². The predicted octanol–water partition coefficient (Wildman–Crippen LogP) is 5.05. The van der Waals surface area contributed by atoms with E-state index < -0.39 is 17.7 Å². The van der Waals surface area contributed by atoms with Crippen molar-refractivity contribution >= 4 is 17.4 Å². The number of carbonyl (C=O) groups excluding carboxylic acids is 2. The lowest BCUT2D eigenvalue weighted by atomic mass is 9.94. The predicted molar refractivity (Wildman–Crippen MR) is 130 cm³/mol. The maximum absolute atomic E-state index is 13.2. The van der Waals surface area contributed by atoms with Gasteiger partial charge in [-0.05, 0) is 42.7 Å². The van der Waals surface area contributed by atoms with Crippen molar-refractivity contribution in [1.29, 1.82) is 0 Å². The molecule has 1 fully saturated rings. The summed E-state index contributed by atoms with van der Waals surface area (Å²) >= 11 is 0. The van der Waals surface area contributed by atoms with Gasteiger partial charge in [0.25, 0.3) is 11.7 Å². The molecule has 1 saturated heterocycles. The highest BCUT2D eigenvalue weighted by Gasteiger charge is 2.46. The van der Waals surface area contributed by atoms with Crippen molar-refractivity contribution in [2.75, 3.05) is 6.61 Å². The largest absolute Gasteiger partial charge is 0.507 e. The number of aromatic nitrogens is 1. The van der Waals surface area contributed by atoms with Crippen LogP contribution in [0.25, 0.3) is 5.76 Å². The number of aliphatic hydroxyl groups is 1. The lowest BCUT2D eigenvalue weighted by Crippen LogP contribution is -2.29. The third-order valence-corrected chi connectivity index (χ3v) is 5.65. The fraction of sp³-hybridized carbons (Fsp3) is 0.250. The number of ether oxygens (including phenoxy) is 1. The fourth-order valence-electron chi connectivity index (χ4n) is 4.05. The van der Waals surface area contributed by atoms with Crippen molar-refractivity contribution in [2.24, 2.45) is 5.92 Å². The van der Waals surface area contributed by atoms with Gasteiger partial charge < -0.3 is 14.7 Å². The van der Waals surface area contributed by atoms with Gasteiger partial charge >= 0.3 is 0 Å². The van der Waals surface area contributed by atoms with E-state index >= 15 is 0 Å². The molecule has 1 unspecified atom stereocenters. The summed E-state index contributed by atoms with van der Waals surface area (Å²) in [5, 5.41) is 11.3. The van der Waals surface area contributed by atoms with Crippen LogP contribution in [-0.4, -0.2) is 33.3 Å². The number of hydrogen-bond donors (Lipinski definition) is 1. The van der Waals surface area contributed by atoms with E-state index in [1.807, 2.05) is 43.3 Å². The molecule has 1 atom stereocenters. The number of nitrogens with zero attached hydrogens (tertiary/aromatic N) is 2. The Bertz CT molecular complexity index is 1230. The smallest absolute Gasteiger partial charge is 0.296 e. The van der Waals surface area contributed by atoms with Crippen LogP contribution >= 0.6 is 0 Å². The maximum Gasteiger partial charge on any atom is 0.296 e. The van der Waals surface area contributed by atoms with Crippen LogP contribution in [0.4, 0.5) is 0 Å². The van der Waals surface area contributed by atoms with E-state index in [1.54, 1.807) is 36.5 Å². The van der Waals surface area contributed by atoms with Crippen LogP contribution in [-0.2, 0) is 16.1 Å². The van der Waals surface area contributed by atoms with Crippen molar-refractivity contribution in [1.82, 2.24) is 9.88 Å². The lowest BCUT2D eigenvalue weighted by Gasteiger charge is -2.25. The molecule has 2 aromatic carbocycles. The van der Waals surface area contributed by atoms with Gasteiger partial charge in [-0.1, -0.05) is 61.9 Å². The van der Waals surface area contributed by atoms with Crippen LogP contribution in [0.5, 0.6) is 5.75 Å². The first-order valence-electron chi connectivity index (χ1n) is 11.3. The first-order valence-corrected chi connectivity index (χ1v) is 11.3. The summed E-state index contributed by atoms with van der Waals surface area (Å²) in [6.45, 7) is 6.73. The second-order valence-corrected chi connectivity index (χ2v) is 8.89. The van der Waals surface area contributed by atoms with E-state index in [-0.39, 0.29) is 17.9 Å². The van der Waals surface area contributed by atoms with Gasteiger partial charge in [0.15, 0.2) is 0 Å². The van der Waals surface area contributed by atoms with Gasteiger partial charge in [0.1, 0.15) is 11.5 Å². The molecule has 2 heterocycles. The monoisotopic (exact) mass is 456 g/mol. The van der Waals surface area contributed by atoms with E-state index in [0.29, 0.717) is 29.5 Å². The zero-order valence-corrected chi connectivity index (χ0v) is 19.6. The number of rotatable bonds is 7. The van der Waals surface area contributed by atoms with Crippen molar-refractivity contribution in [3.63, 3.8) is 0 Å². The molecule has 6 nitrogen and oxygen atoms in total. The van der Waals surface area contributed by atoms with Crippen LogP contribution in [0.15, 0.2) is 78.5 Å². The van der Waals surface area contributed by atoms with Crippen LogP contribution in [0, 0.1) is 12.8 Å². The van der Waals surface area contributed by atoms with Gasteiger partial charge in [-0.25, -0.2) is 0 Å². The summed E-state index contributed by atoms with van der Waals surface area (Å²) in [6, 6.07) is 19.3. The van der Waals surface area contributed by atoms with Crippen molar-refractivity contribution in [3.8, 4) is 5.75 Å². The van der Waals surface area contributed by atoms with Gasteiger partial charge in [-0.15, -0.1) is 0 Å². The molecule has 1 N–H and O–H groups in total. The second-order valence-electron chi connectivity index (χ2n) is 8.89. The summed E-state index contributed by atoms with van der Waals surface area (Å²) < 4.78 is 5.79. The Morgan fingerprint density at radius 3 is 2.56 bits per heavy atom.